The zero-order chi connectivity index (χ0) is 15.2. The second-order valence-corrected chi connectivity index (χ2v) is 5.97. The fraction of sp³-hybridized carbons (Fsp3) is 0.562. The van der Waals surface area contributed by atoms with Crippen molar-refractivity contribution in [1.82, 2.24) is 5.32 Å². The maximum Gasteiger partial charge on any atom is 0.339 e. The summed E-state index contributed by atoms with van der Waals surface area (Å²) in [7, 11) is 0. The van der Waals surface area contributed by atoms with Crippen LogP contribution >= 0.6 is 0 Å². The third-order valence-corrected chi connectivity index (χ3v) is 3.80. The zero-order valence-electron chi connectivity index (χ0n) is 12.8. The summed E-state index contributed by atoms with van der Waals surface area (Å²) in [6.07, 6.45) is 0. The molecular weight excluding hydrogens is 254 g/mol. The third kappa shape index (κ3) is 4.85. The fourth-order valence-electron chi connectivity index (χ4n) is 1.62. The molecule has 112 valence electrons. The van der Waals surface area contributed by atoms with Gasteiger partial charge in [-0.25, -0.2) is 4.79 Å². The highest BCUT2D eigenvalue weighted by Gasteiger charge is 2.21. The summed E-state index contributed by atoms with van der Waals surface area (Å²) < 4.78 is 5.53. The molecule has 1 aromatic rings. The van der Waals surface area contributed by atoms with Crippen molar-refractivity contribution >= 4 is 5.97 Å². The molecule has 0 aromatic heterocycles. The Labute approximate surface area is 121 Å². The van der Waals surface area contributed by atoms with Gasteiger partial charge in [0.2, 0.25) is 0 Å². The predicted molar refractivity (Wildman–Crippen MR) is 80.4 cm³/mol. The van der Waals surface area contributed by atoms with Gasteiger partial charge in [0.1, 0.15) is 17.9 Å². The molecule has 1 rings (SSSR count). The first-order valence-electron chi connectivity index (χ1n) is 7.00. The highest BCUT2D eigenvalue weighted by Crippen LogP contribution is 2.24. The molecule has 0 spiro atoms. The largest absolute Gasteiger partial charge is 0.491 e. The molecule has 0 radical (unpaired) electrons. The van der Waals surface area contributed by atoms with Crippen LogP contribution in [-0.2, 0) is 0 Å². The molecule has 0 unspecified atom stereocenters. The molecule has 0 aliphatic carbocycles. The van der Waals surface area contributed by atoms with Crippen LogP contribution < -0.4 is 10.1 Å². The van der Waals surface area contributed by atoms with Crippen LogP contribution in [0.5, 0.6) is 5.75 Å². The number of carboxylic acids is 1. The maximum atomic E-state index is 11.0. The summed E-state index contributed by atoms with van der Waals surface area (Å²) in [6, 6.07) is 6.70. The third-order valence-electron chi connectivity index (χ3n) is 3.80. The van der Waals surface area contributed by atoms with Crippen molar-refractivity contribution in [2.75, 3.05) is 19.7 Å². The van der Waals surface area contributed by atoms with E-state index in [0.29, 0.717) is 24.8 Å². The molecule has 0 atom stereocenters. The number of aromatic carboxylic acids is 1. The van der Waals surface area contributed by atoms with Crippen LogP contribution in [0.15, 0.2) is 24.3 Å². The van der Waals surface area contributed by atoms with Gasteiger partial charge in [0, 0.05) is 13.1 Å². The van der Waals surface area contributed by atoms with Crippen molar-refractivity contribution in [3.05, 3.63) is 29.8 Å². The van der Waals surface area contributed by atoms with Gasteiger partial charge in [-0.3, -0.25) is 0 Å². The molecule has 1 aromatic carbocycles. The summed E-state index contributed by atoms with van der Waals surface area (Å²) in [5, 5.41) is 12.4. The topological polar surface area (TPSA) is 58.6 Å². The smallest absolute Gasteiger partial charge is 0.339 e. The lowest BCUT2D eigenvalue weighted by molar-refractivity contribution is 0.0692. The average molecular weight is 279 g/mol. The number of carbonyl (C=O) groups is 1. The van der Waals surface area contributed by atoms with E-state index in [4.69, 9.17) is 9.84 Å². The number of benzene rings is 1. The van der Waals surface area contributed by atoms with Crippen molar-refractivity contribution in [3.8, 4) is 5.75 Å². The average Bonchev–Trinajstić information content (AvgIpc) is 2.38. The van der Waals surface area contributed by atoms with Crippen LogP contribution in [0, 0.1) is 11.3 Å². The number of ether oxygens (including phenoxy) is 1. The Morgan fingerprint density at radius 3 is 2.60 bits per heavy atom. The SMILES string of the molecule is CC(C)C(C)(C)CNCCOc1ccccc1C(=O)O. The fourth-order valence-corrected chi connectivity index (χ4v) is 1.62. The molecule has 0 saturated carbocycles. The van der Waals surface area contributed by atoms with Crippen molar-refractivity contribution in [3.63, 3.8) is 0 Å². The van der Waals surface area contributed by atoms with E-state index in [9.17, 15) is 4.79 Å². The Kier molecular flexibility index (Phi) is 6.02. The van der Waals surface area contributed by atoms with E-state index in [-0.39, 0.29) is 11.0 Å². The minimum atomic E-state index is -0.963. The summed E-state index contributed by atoms with van der Waals surface area (Å²) in [5.41, 5.74) is 0.439. The van der Waals surface area contributed by atoms with Gasteiger partial charge < -0.3 is 15.2 Å². The molecule has 0 saturated heterocycles. The van der Waals surface area contributed by atoms with Crippen LogP contribution in [-0.4, -0.2) is 30.8 Å². The van der Waals surface area contributed by atoms with Gasteiger partial charge in [-0.15, -0.1) is 0 Å². The van der Waals surface area contributed by atoms with Gasteiger partial charge in [-0.2, -0.15) is 0 Å². The lowest BCUT2D eigenvalue weighted by Gasteiger charge is -2.29. The molecule has 2 N–H and O–H groups in total. The monoisotopic (exact) mass is 279 g/mol. The van der Waals surface area contributed by atoms with Gasteiger partial charge in [0.25, 0.3) is 0 Å². The van der Waals surface area contributed by atoms with Gasteiger partial charge in [0.15, 0.2) is 0 Å². The minimum absolute atomic E-state index is 0.204. The van der Waals surface area contributed by atoms with Crippen LogP contribution in [0.1, 0.15) is 38.1 Å². The van der Waals surface area contributed by atoms with Gasteiger partial charge >= 0.3 is 5.97 Å². The molecule has 0 aliphatic rings. The molecule has 0 fully saturated rings. The molecule has 4 nitrogen and oxygen atoms in total. The molecule has 0 amide bonds. The van der Waals surface area contributed by atoms with Crippen LogP contribution in [0.2, 0.25) is 0 Å². The molecule has 0 bridgehead atoms. The van der Waals surface area contributed by atoms with Gasteiger partial charge in [0.05, 0.1) is 0 Å². The predicted octanol–water partition coefficient (Wildman–Crippen LogP) is 3.04. The summed E-state index contributed by atoms with van der Waals surface area (Å²) in [6.45, 7) is 10.9. The van der Waals surface area contributed by atoms with Crippen molar-refractivity contribution in [2.45, 2.75) is 27.7 Å². The Balaban J connectivity index is 2.37. The molecule has 4 heteroatoms. The zero-order valence-corrected chi connectivity index (χ0v) is 12.8. The first kappa shape index (κ1) is 16.5. The lowest BCUT2D eigenvalue weighted by Crippen LogP contribution is -2.35. The number of hydrogen-bond acceptors (Lipinski definition) is 3. The second kappa shape index (κ2) is 7.29. The highest BCUT2D eigenvalue weighted by atomic mass is 16.5. The minimum Gasteiger partial charge on any atom is -0.491 e. The number of carboxylic acid groups (broad SMARTS) is 1. The Morgan fingerprint density at radius 1 is 1.35 bits per heavy atom. The van der Waals surface area contributed by atoms with Crippen molar-refractivity contribution in [1.29, 1.82) is 0 Å². The van der Waals surface area contributed by atoms with E-state index in [1.807, 2.05) is 0 Å². The number of hydrogen-bond donors (Lipinski definition) is 2. The van der Waals surface area contributed by atoms with E-state index in [1.54, 1.807) is 24.3 Å². The molecular formula is C16H25NO3. The quantitative estimate of drug-likeness (QED) is 0.718. The molecule has 0 aliphatic heterocycles. The van der Waals surface area contributed by atoms with E-state index in [0.717, 1.165) is 6.54 Å². The number of rotatable bonds is 8. The van der Waals surface area contributed by atoms with Gasteiger partial charge in [-0.05, 0) is 23.5 Å². The Bertz CT molecular complexity index is 441. The lowest BCUT2D eigenvalue weighted by atomic mass is 9.81. The highest BCUT2D eigenvalue weighted by molar-refractivity contribution is 5.90. The van der Waals surface area contributed by atoms with Crippen molar-refractivity contribution < 1.29 is 14.6 Å². The van der Waals surface area contributed by atoms with Gasteiger partial charge in [-0.1, -0.05) is 39.8 Å². The maximum absolute atomic E-state index is 11.0. The first-order chi connectivity index (χ1) is 9.34. The molecule has 20 heavy (non-hydrogen) atoms. The van der Waals surface area contributed by atoms with E-state index < -0.39 is 5.97 Å². The van der Waals surface area contributed by atoms with Crippen LogP contribution in [0.3, 0.4) is 0 Å². The first-order valence-corrected chi connectivity index (χ1v) is 7.00. The summed E-state index contributed by atoms with van der Waals surface area (Å²) in [4.78, 5) is 11.0. The van der Waals surface area contributed by atoms with Crippen molar-refractivity contribution in [2.24, 2.45) is 11.3 Å². The Hall–Kier alpha value is -1.55. The van der Waals surface area contributed by atoms with Crippen LogP contribution in [0.25, 0.3) is 0 Å². The Morgan fingerprint density at radius 2 is 2.00 bits per heavy atom. The summed E-state index contributed by atoms with van der Waals surface area (Å²) >= 11 is 0. The number of para-hydroxylation sites is 1. The van der Waals surface area contributed by atoms with E-state index in [2.05, 4.69) is 33.0 Å². The second-order valence-electron chi connectivity index (χ2n) is 5.97. The van der Waals surface area contributed by atoms with E-state index >= 15 is 0 Å². The molecule has 0 heterocycles. The number of nitrogens with one attached hydrogen (secondary N) is 1. The van der Waals surface area contributed by atoms with Crippen LogP contribution in [0.4, 0.5) is 0 Å². The summed E-state index contributed by atoms with van der Waals surface area (Å²) in [5.74, 6) is 0.0584. The van der Waals surface area contributed by atoms with E-state index in [1.165, 1.54) is 0 Å². The standard InChI is InChI=1S/C16H25NO3/c1-12(2)16(3,4)11-17-9-10-20-14-8-6-5-7-13(14)15(18)19/h5-8,12,17H,9-11H2,1-4H3,(H,18,19). The normalized spacial score (nSPS) is 11.7.